The highest BCUT2D eigenvalue weighted by Crippen LogP contribution is 2.76. The number of hydrogen-bond acceptors (Lipinski definition) is 18. The summed E-state index contributed by atoms with van der Waals surface area (Å²) in [5.41, 5.74) is 0.168. The van der Waals surface area contributed by atoms with Crippen molar-refractivity contribution in [3.05, 3.63) is 11.6 Å². The van der Waals surface area contributed by atoms with Crippen LogP contribution < -0.4 is 0 Å². The smallest absolute Gasteiger partial charge is 0.310 e. The van der Waals surface area contributed by atoms with Crippen LogP contribution in [-0.4, -0.2) is 187 Å². The van der Waals surface area contributed by atoms with E-state index in [1.807, 2.05) is 0 Å². The van der Waals surface area contributed by atoms with Gasteiger partial charge in [0.1, 0.15) is 73.2 Å². The topological polar surface area (TPSA) is 293 Å². The summed E-state index contributed by atoms with van der Waals surface area (Å²) in [7, 11) is 0. The summed E-state index contributed by atoms with van der Waals surface area (Å²) < 4.78 is 47.9. The number of allylic oxidation sites excluding steroid dienone is 2. The fraction of sp³-hybridized carbons (Fsp3) is 0.942. The number of aliphatic hydroxyl groups is 9. The van der Waals surface area contributed by atoms with Crippen LogP contribution >= 0.6 is 0 Å². The molecule has 26 atom stereocenters. The Hall–Kier alpha value is -1.47. The lowest BCUT2D eigenvalue weighted by Crippen LogP contribution is -2.66. The van der Waals surface area contributed by atoms with Crippen LogP contribution in [0.4, 0.5) is 0 Å². The Bertz CT molecular complexity index is 1970. The average molecular weight is 1010 g/mol. The lowest BCUT2D eigenvalue weighted by atomic mass is 9.33. The molecule has 10 N–H and O–H groups in total. The number of fused-ring (bicyclic) bond motifs is 7. The molecule has 4 saturated heterocycles. The highest BCUT2D eigenvalue weighted by atomic mass is 16.8. The van der Waals surface area contributed by atoms with Crippen molar-refractivity contribution in [3.63, 3.8) is 0 Å². The predicted octanol–water partition coefficient (Wildman–Crippen LogP) is 1.86. The van der Waals surface area contributed by atoms with Crippen LogP contribution in [-0.2, 0) is 42.7 Å². The van der Waals surface area contributed by atoms with E-state index >= 15 is 0 Å². The number of ether oxygens (including phenoxy) is 8. The van der Waals surface area contributed by atoms with E-state index in [9.17, 15) is 55.9 Å². The molecule has 0 aromatic carbocycles. The van der Waals surface area contributed by atoms with Crippen molar-refractivity contribution in [1.29, 1.82) is 0 Å². The van der Waals surface area contributed by atoms with Gasteiger partial charge in [-0.1, -0.05) is 60.1 Å². The molecule has 5 aliphatic carbocycles. The molecule has 19 heteroatoms. The maximum absolute atomic E-state index is 13.2. The zero-order chi connectivity index (χ0) is 51.7. The van der Waals surface area contributed by atoms with E-state index in [0.717, 1.165) is 51.4 Å². The van der Waals surface area contributed by atoms with Crippen molar-refractivity contribution >= 4 is 5.97 Å². The van der Waals surface area contributed by atoms with Crippen LogP contribution in [0.5, 0.6) is 0 Å². The molecule has 406 valence electrons. The summed E-state index contributed by atoms with van der Waals surface area (Å²) in [5, 5.41) is 109. The molecular weight excluding hydrogens is 929 g/mol. The quantitative estimate of drug-likeness (QED) is 0.117. The van der Waals surface area contributed by atoms with Crippen molar-refractivity contribution in [3.8, 4) is 0 Å². The number of carboxylic acids is 1. The number of aliphatic carboxylic acids is 1. The van der Waals surface area contributed by atoms with E-state index in [2.05, 4.69) is 54.5 Å². The summed E-state index contributed by atoms with van der Waals surface area (Å²) in [6.45, 7) is 18.7. The Labute approximate surface area is 417 Å². The van der Waals surface area contributed by atoms with E-state index in [-0.39, 0.29) is 45.0 Å². The number of aliphatic hydroxyl groups excluding tert-OH is 9. The van der Waals surface area contributed by atoms with Crippen LogP contribution in [0.15, 0.2) is 11.6 Å². The Balaban J connectivity index is 0.883. The first-order chi connectivity index (χ1) is 33.1. The van der Waals surface area contributed by atoms with Crippen LogP contribution in [0.2, 0.25) is 0 Å². The lowest BCUT2D eigenvalue weighted by molar-refractivity contribution is -0.385. The molecule has 0 bridgehead atoms. The fourth-order valence-corrected chi connectivity index (χ4v) is 16.0. The maximum Gasteiger partial charge on any atom is 0.310 e. The summed E-state index contributed by atoms with van der Waals surface area (Å²) in [6, 6.07) is 0. The molecule has 4 aliphatic heterocycles. The largest absolute Gasteiger partial charge is 0.481 e. The predicted molar refractivity (Wildman–Crippen MR) is 248 cm³/mol. The Morgan fingerprint density at radius 3 is 1.86 bits per heavy atom. The summed E-state index contributed by atoms with van der Waals surface area (Å²) >= 11 is 0. The van der Waals surface area contributed by atoms with Crippen LogP contribution in [0.1, 0.15) is 127 Å². The molecule has 0 aromatic rings. The SMILES string of the molecule is C[C@@H]1O[C@@H](O[C@@H]2[C@@H](O)[C@H](O[C@@H]3[C@@H](O)[C@H](C)O[C@@H](O[C@H]4CC[C@]5(C)[C@H]6CC=C7[C@@H]8CC(C)(C)CC[C@]8(C(=O)O)CC[C@@]7(C)[C@]6(C)CC[C@H]5C4(C)C)[C@@H]3O)OC[C@H]2O)[C@H](O[C@@H]2OC[C@@H](O)[C@H](O)[C@H]2O)[C@H](O)[C@H]1O. The van der Waals surface area contributed by atoms with Crippen LogP contribution in [0.3, 0.4) is 0 Å². The van der Waals surface area contributed by atoms with Gasteiger partial charge in [0, 0.05) is 0 Å². The Morgan fingerprint density at radius 2 is 1.17 bits per heavy atom. The Kier molecular flexibility index (Phi) is 14.7. The van der Waals surface area contributed by atoms with E-state index in [1.54, 1.807) is 6.92 Å². The Morgan fingerprint density at radius 1 is 0.577 bits per heavy atom. The van der Waals surface area contributed by atoms with Crippen molar-refractivity contribution in [1.82, 2.24) is 0 Å². The third-order valence-corrected chi connectivity index (χ3v) is 20.6. The molecule has 0 amide bonds. The molecule has 0 aromatic heterocycles. The van der Waals surface area contributed by atoms with Gasteiger partial charge < -0.3 is 89.0 Å². The third-order valence-electron chi connectivity index (χ3n) is 20.6. The maximum atomic E-state index is 13.2. The van der Waals surface area contributed by atoms with Crippen LogP contribution in [0.25, 0.3) is 0 Å². The average Bonchev–Trinajstić information content (AvgIpc) is 3.30. The van der Waals surface area contributed by atoms with Crippen molar-refractivity contribution in [2.75, 3.05) is 13.2 Å². The van der Waals surface area contributed by atoms with Crippen molar-refractivity contribution < 1.29 is 93.8 Å². The molecule has 71 heavy (non-hydrogen) atoms. The molecule has 19 nitrogen and oxygen atoms in total. The fourth-order valence-electron chi connectivity index (χ4n) is 16.0. The van der Waals surface area contributed by atoms with Gasteiger partial charge in [-0.3, -0.25) is 4.79 Å². The second kappa shape index (κ2) is 19.2. The van der Waals surface area contributed by atoms with Crippen molar-refractivity contribution in [2.45, 2.75) is 243 Å². The minimum atomic E-state index is -1.80. The zero-order valence-electron chi connectivity index (χ0n) is 42.9. The monoisotopic (exact) mass is 1010 g/mol. The molecular formula is C52H84O19. The van der Waals surface area contributed by atoms with Gasteiger partial charge in [-0.05, 0) is 123 Å². The molecule has 4 heterocycles. The van der Waals surface area contributed by atoms with E-state index in [0.29, 0.717) is 18.8 Å². The highest BCUT2D eigenvalue weighted by molar-refractivity contribution is 5.76. The molecule has 9 rings (SSSR count). The van der Waals surface area contributed by atoms with E-state index in [1.165, 1.54) is 12.5 Å². The third kappa shape index (κ3) is 8.81. The van der Waals surface area contributed by atoms with Gasteiger partial charge in [-0.2, -0.15) is 0 Å². The van der Waals surface area contributed by atoms with Crippen LogP contribution in [0, 0.1) is 50.2 Å². The summed E-state index contributed by atoms with van der Waals surface area (Å²) in [6.07, 6.45) is -16.2. The van der Waals surface area contributed by atoms with Crippen molar-refractivity contribution in [2.24, 2.45) is 50.2 Å². The zero-order valence-corrected chi connectivity index (χ0v) is 42.9. The molecule has 8 fully saturated rings. The van der Waals surface area contributed by atoms with Gasteiger partial charge in [0.05, 0.1) is 36.9 Å². The highest BCUT2D eigenvalue weighted by Gasteiger charge is 2.70. The lowest BCUT2D eigenvalue weighted by Gasteiger charge is -2.71. The van der Waals surface area contributed by atoms with E-state index in [4.69, 9.17) is 37.9 Å². The van der Waals surface area contributed by atoms with Gasteiger partial charge in [-0.25, -0.2) is 0 Å². The number of rotatable bonds is 9. The van der Waals surface area contributed by atoms with E-state index < -0.39 is 135 Å². The standard InChI is InChI=1S/C52H84O19/c1-23-32(55)35(58)41(71-42-36(59)34(57)27(53)21-64-42)45(67-23)69-39-28(54)22-65-43(37(39)60)70-40-33(56)24(2)66-44(38(40)61)68-31-13-14-49(7)29(48(31,5)6)12-15-51(9)30(49)11-10-25-26-20-47(3,4)16-18-52(26,46(62)63)19-17-50(25,51)8/h10,23-24,26-45,53-61H,11-22H2,1-9H3,(H,62,63)/t23-,24-,26-,27+,28+,29-,30+,31-,32-,33-,34-,35+,36+,37+,38+,39-,40+,41+,42-,43-,44-,45-,49-,50+,51+,52-/m0/s1. The summed E-state index contributed by atoms with van der Waals surface area (Å²) in [5.74, 6) is 0.00203. The van der Waals surface area contributed by atoms with Gasteiger partial charge in [-0.15, -0.1) is 0 Å². The number of hydrogen-bond donors (Lipinski definition) is 10. The normalized spacial score (nSPS) is 54.9. The first-order valence-corrected chi connectivity index (χ1v) is 26.3. The van der Waals surface area contributed by atoms with Gasteiger partial charge in [0.2, 0.25) is 0 Å². The van der Waals surface area contributed by atoms with Gasteiger partial charge >= 0.3 is 5.97 Å². The molecule has 0 radical (unpaired) electrons. The second-order valence-corrected chi connectivity index (χ2v) is 25.4. The minimum absolute atomic E-state index is 0.0309. The molecule has 9 aliphatic rings. The summed E-state index contributed by atoms with van der Waals surface area (Å²) in [4.78, 5) is 13.2. The van der Waals surface area contributed by atoms with Gasteiger partial charge in [0.25, 0.3) is 0 Å². The number of carbonyl (C=O) groups is 1. The molecule has 4 saturated carbocycles. The number of carboxylic acid groups (broad SMARTS) is 1. The molecule has 0 spiro atoms. The van der Waals surface area contributed by atoms with Gasteiger partial charge in [0.15, 0.2) is 25.2 Å². The molecule has 0 unspecified atom stereocenters. The minimum Gasteiger partial charge on any atom is -0.481 e. The first-order valence-electron chi connectivity index (χ1n) is 26.3. The first kappa shape index (κ1) is 54.3. The second-order valence-electron chi connectivity index (χ2n) is 25.4.